The first kappa shape index (κ1) is 14.7. The lowest BCUT2D eigenvalue weighted by atomic mass is 10.2. The largest absolute Gasteiger partial charge is 0.417 e. The molecule has 9 heteroatoms. The van der Waals surface area contributed by atoms with Crippen molar-refractivity contribution >= 4 is 6.21 Å². The van der Waals surface area contributed by atoms with Gasteiger partial charge < -0.3 is 9.82 Å². The van der Waals surface area contributed by atoms with Crippen LogP contribution in [0, 0.1) is 0 Å². The molecular weight excluding hydrogens is 289 g/mol. The minimum absolute atomic E-state index is 0.0933. The van der Waals surface area contributed by atoms with Crippen LogP contribution in [-0.2, 0) is 17.6 Å². The Labute approximate surface area is 116 Å². The zero-order chi connectivity index (χ0) is 15.3. The number of nitrogens with zero attached hydrogens (tertiary/aromatic N) is 3. The Bertz CT molecular complexity index is 680. The van der Waals surface area contributed by atoms with Gasteiger partial charge in [-0.15, -0.1) is 0 Å². The van der Waals surface area contributed by atoms with Crippen LogP contribution in [0.4, 0.5) is 13.2 Å². The van der Waals surface area contributed by atoms with Gasteiger partial charge in [-0.05, 0) is 18.2 Å². The van der Waals surface area contributed by atoms with Gasteiger partial charge in [-0.3, -0.25) is 4.98 Å². The number of pyridine rings is 1. The maximum absolute atomic E-state index is 12.3. The Hall–Kier alpha value is -2.71. The van der Waals surface area contributed by atoms with Crippen LogP contribution in [0.3, 0.4) is 0 Å². The molecule has 0 aliphatic rings. The van der Waals surface area contributed by atoms with E-state index in [0.29, 0.717) is 11.4 Å². The van der Waals surface area contributed by atoms with Crippen molar-refractivity contribution < 1.29 is 18.0 Å². The molecule has 2 aromatic rings. The molecule has 0 fully saturated rings. The lowest BCUT2D eigenvalue weighted by Gasteiger charge is -2.06. The van der Waals surface area contributed by atoms with Crippen molar-refractivity contribution in [2.24, 2.45) is 5.16 Å². The normalized spacial score (nSPS) is 11.8. The highest BCUT2D eigenvalue weighted by molar-refractivity contribution is 5.75. The molecule has 2 heterocycles. The minimum Gasteiger partial charge on any atom is -0.389 e. The first-order chi connectivity index (χ1) is 9.95. The van der Waals surface area contributed by atoms with Crippen LogP contribution in [-0.4, -0.2) is 21.2 Å². The average Bonchev–Trinajstić information content (AvgIpc) is 2.43. The highest BCUT2D eigenvalue weighted by Gasteiger charge is 2.30. The van der Waals surface area contributed by atoms with Crippen LogP contribution < -0.4 is 5.69 Å². The lowest BCUT2D eigenvalue weighted by Crippen LogP contribution is -2.10. The Kier molecular flexibility index (Phi) is 4.31. The Balaban J connectivity index is 1.90. The molecule has 0 atom stereocenters. The Morgan fingerprint density at radius 1 is 1.29 bits per heavy atom. The maximum atomic E-state index is 12.3. The van der Waals surface area contributed by atoms with Gasteiger partial charge in [0.2, 0.25) is 0 Å². The fraction of sp³-hybridized carbons (Fsp3) is 0.167. The van der Waals surface area contributed by atoms with E-state index in [-0.39, 0.29) is 6.61 Å². The second kappa shape index (κ2) is 6.16. The number of hydrogen-bond acceptors (Lipinski definition) is 5. The number of H-pyrrole nitrogens is 1. The summed E-state index contributed by atoms with van der Waals surface area (Å²) in [5.74, 6) is 0. The highest BCUT2D eigenvalue weighted by Crippen LogP contribution is 2.28. The fourth-order valence-corrected chi connectivity index (χ4v) is 1.33. The SMILES string of the molecule is O=c1nccc(/C=N/OCc2ccc(C(F)(F)F)cn2)[nH]1. The van der Waals surface area contributed by atoms with Gasteiger partial charge in [0, 0.05) is 12.4 Å². The quantitative estimate of drug-likeness (QED) is 0.688. The topological polar surface area (TPSA) is 80.2 Å². The van der Waals surface area contributed by atoms with Gasteiger partial charge in [0.25, 0.3) is 0 Å². The number of aromatic nitrogens is 3. The van der Waals surface area contributed by atoms with E-state index in [1.165, 1.54) is 24.5 Å². The molecule has 2 rings (SSSR count). The van der Waals surface area contributed by atoms with E-state index >= 15 is 0 Å². The summed E-state index contributed by atoms with van der Waals surface area (Å²) in [6.45, 7) is -0.0933. The van der Waals surface area contributed by atoms with E-state index in [2.05, 4.69) is 20.1 Å². The van der Waals surface area contributed by atoms with Gasteiger partial charge >= 0.3 is 11.9 Å². The molecule has 0 spiro atoms. The molecule has 110 valence electrons. The zero-order valence-electron chi connectivity index (χ0n) is 10.5. The molecule has 1 N–H and O–H groups in total. The smallest absolute Gasteiger partial charge is 0.389 e. The second-order valence-corrected chi connectivity index (χ2v) is 3.87. The lowest BCUT2D eigenvalue weighted by molar-refractivity contribution is -0.137. The predicted octanol–water partition coefficient (Wildman–Crippen LogP) is 1.73. The van der Waals surface area contributed by atoms with Crippen LogP contribution in [0.1, 0.15) is 17.0 Å². The third kappa shape index (κ3) is 4.41. The van der Waals surface area contributed by atoms with Gasteiger partial charge in [-0.2, -0.15) is 13.2 Å². The van der Waals surface area contributed by atoms with Crippen molar-refractivity contribution in [3.05, 3.63) is 58.0 Å². The average molecular weight is 298 g/mol. The number of oxime groups is 1. The number of halogens is 3. The molecule has 0 aliphatic heterocycles. The number of aromatic amines is 1. The van der Waals surface area contributed by atoms with Crippen molar-refractivity contribution in [2.45, 2.75) is 12.8 Å². The molecule has 0 saturated heterocycles. The van der Waals surface area contributed by atoms with Crippen molar-refractivity contribution in [1.82, 2.24) is 15.0 Å². The van der Waals surface area contributed by atoms with Gasteiger partial charge in [0.1, 0.15) is 0 Å². The second-order valence-electron chi connectivity index (χ2n) is 3.87. The fourth-order valence-electron chi connectivity index (χ4n) is 1.33. The summed E-state index contributed by atoms with van der Waals surface area (Å²) in [7, 11) is 0. The summed E-state index contributed by atoms with van der Waals surface area (Å²) < 4.78 is 37.0. The van der Waals surface area contributed by atoms with Crippen LogP contribution in [0.5, 0.6) is 0 Å². The molecule has 21 heavy (non-hydrogen) atoms. The molecular formula is C12H9F3N4O2. The van der Waals surface area contributed by atoms with Gasteiger partial charge in [0.15, 0.2) is 6.61 Å². The molecule has 0 amide bonds. The van der Waals surface area contributed by atoms with E-state index in [4.69, 9.17) is 4.84 Å². The third-order valence-electron chi connectivity index (χ3n) is 2.33. The molecule has 0 radical (unpaired) electrons. The summed E-state index contributed by atoms with van der Waals surface area (Å²) in [6, 6.07) is 3.62. The van der Waals surface area contributed by atoms with E-state index in [9.17, 15) is 18.0 Å². The molecule has 0 aliphatic carbocycles. The first-order valence-electron chi connectivity index (χ1n) is 5.68. The molecule has 0 aromatic carbocycles. The Morgan fingerprint density at radius 3 is 2.71 bits per heavy atom. The van der Waals surface area contributed by atoms with E-state index in [0.717, 1.165) is 12.3 Å². The molecule has 0 saturated carbocycles. The minimum atomic E-state index is -4.42. The summed E-state index contributed by atoms with van der Waals surface area (Å²) in [4.78, 5) is 25.2. The third-order valence-corrected chi connectivity index (χ3v) is 2.33. The Morgan fingerprint density at radius 2 is 2.10 bits per heavy atom. The van der Waals surface area contributed by atoms with Gasteiger partial charge in [0.05, 0.1) is 23.2 Å². The van der Waals surface area contributed by atoms with Crippen LogP contribution >= 0.6 is 0 Å². The number of alkyl halides is 3. The molecule has 6 nitrogen and oxygen atoms in total. The standard InChI is InChI=1S/C12H9F3N4O2/c13-12(14,15)8-1-2-10(17-5-8)7-21-18-6-9-3-4-16-11(20)19-9/h1-6H,7H2,(H,16,19,20)/b18-6+. The predicted molar refractivity (Wildman–Crippen MR) is 66.5 cm³/mol. The number of hydrogen-bond donors (Lipinski definition) is 1. The van der Waals surface area contributed by atoms with Crippen molar-refractivity contribution in [1.29, 1.82) is 0 Å². The molecule has 2 aromatic heterocycles. The summed E-state index contributed by atoms with van der Waals surface area (Å²) in [5, 5.41) is 3.56. The number of nitrogens with one attached hydrogen (secondary N) is 1. The van der Waals surface area contributed by atoms with Crippen molar-refractivity contribution in [2.75, 3.05) is 0 Å². The van der Waals surface area contributed by atoms with E-state index < -0.39 is 17.4 Å². The highest BCUT2D eigenvalue weighted by atomic mass is 19.4. The molecule has 0 unspecified atom stereocenters. The van der Waals surface area contributed by atoms with Gasteiger partial charge in [-0.1, -0.05) is 5.16 Å². The summed E-state index contributed by atoms with van der Waals surface area (Å²) >= 11 is 0. The number of rotatable bonds is 4. The maximum Gasteiger partial charge on any atom is 0.417 e. The van der Waals surface area contributed by atoms with Gasteiger partial charge in [-0.25, -0.2) is 9.78 Å². The van der Waals surface area contributed by atoms with E-state index in [1.54, 1.807) is 0 Å². The van der Waals surface area contributed by atoms with Crippen molar-refractivity contribution in [3.63, 3.8) is 0 Å². The zero-order valence-corrected chi connectivity index (χ0v) is 10.5. The van der Waals surface area contributed by atoms with E-state index in [1.807, 2.05) is 0 Å². The van der Waals surface area contributed by atoms with Crippen LogP contribution in [0.25, 0.3) is 0 Å². The first-order valence-corrected chi connectivity index (χ1v) is 5.68. The van der Waals surface area contributed by atoms with Crippen LogP contribution in [0.2, 0.25) is 0 Å². The summed E-state index contributed by atoms with van der Waals surface area (Å²) in [5.41, 5.74) is -0.675. The monoisotopic (exact) mass is 298 g/mol. The summed E-state index contributed by atoms with van der Waals surface area (Å²) in [6.07, 6.45) is -1.15. The van der Waals surface area contributed by atoms with Crippen LogP contribution in [0.15, 0.2) is 40.5 Å². The van der Waals surface area contributed by atoms with Crippen molar-refractivity contribution in [3.8, 4) is 0 Å². The molecule has 0 bridgehead atoms.